The Kier molecular flexibility index (Phi) is 48.7. The molecule has 376 valence electrons. The number of rotatable bonds is 36. The number of nitrogens with two attached hydrogens (primary N) is 2. The number of hydrogen-bond donors (Lipinski definition) is 6. The highest BCUT2D eigenvalue weighted by atomic mass is 16.2. The number of carbonyl (C=O) groups is 6. The van der Waals surface area contributed by atoms with Crippen LogP contribution in [-0.4, -0.2) is 71.4 Å². The van der Waals surface area contributed by atoms with Crippen molar-refractivity contribution in [2.45, 2.75) is 282 Å². The van der Waals surface area contributed by atoms with Gasteiger partial charge in [0.1, 0.15) is 12.1 Å². The Balaban J connectivity index is -0.000000340. The third-order valence-corrected chi connectivity index (χ3v) is 11.0. The van der Waals surface area contributed by atoms with Gasteiger partial charge in [-0.25, -0.2) is 0 Å². The minimum atomic E-state index is -0.644. The normalized spacial score (nSPS) is 13.6. The summed E-state index contributed by atoms with van der Waals surface area (Å²) in [5, 5.41) is 11.6. The molecule has 0 aromatic heterocycles. The summed E-state index contributed by atoms with van der Waals surface area (Å²) >= 11 is 0. The second-order valence-electron chi connectivity index (χ2n) is 17.5. The molecule has 0 aromatic carbocycles. The monoisotopic (exact) mass is 899 g/mol. The molecule has 0 aliphatic carbocycles. The first kappa shape index (κ1) is 69.2. The minimum Gasteiger partial charge on any atom is -0.345 e. The molecule has 4 amide bonds. The van der Waals surface area contributed by atoms with E-state index in [4.69, 9.17) is 11.5 Å². The van der Waals surface area contributed by atoms with Crippen molar-refractivity contribution in [1.82, 2.24) is 21.3 Å². The number of ketones is 2. The average molecular weight is 899 g/mol. The average Bonchev–Trinajstić information content (AvgIpc) is 3.21. The van der Waals surface area contributed by atoms with Gasteiger partial charge in [-0.05, 0) is 38.5 Å². The number of Topliss-reactive ketones (excluding diaryl/α,β-unsaturated/α-hetero) is 2. The molecule has 63 heavy (non-hydrogen) atoms. The maximum absolute atomic E-state index is 13.0. The number of amides is 4. The lowest BCUT2D eigenvalue weighted by Gasteiger charge is -2.25. The summed E-state index contributed by atoms with van der Waals surface area (Å²) in [6, 6.07) is -3.48. The molecule has 0 saturated heterocycles. The third kappa shape index (κ3) is 34.2. The lowest BCUT2D eigenvalue weighted by Crippen LogP contribution is -2.54. The van der Waals surface area contributed by atoms with Crippen LogP contribution in [0.5, 0.6) is 0 Å². The predicted molar refractivity (Wildman–Crippen MR) is 268 cm³/mol. The molecule has 0 bridgehead atoms. The Morgan fingerprint density at radius 3 is 0.762 bits per heavy atom. The molecule has 0 heterocycles. The first-order valence-electron chi connectivity index (χ1n) is 24.4. The summed E-state index contributed by atoms with van der Waals surface area (Å²) in [6.07, 6.45) is 21.4. The van der Waals surface area contributed by atoms with Crippen molar-refractivity contribution in [3.63, 3.8) is 0 Å². The standard InChI is InChI=1S/2C24H47N3O3.3CH4/c2*1-6-9-12-15-19(25)23(29)27-21(17-14-11-8-3)24(30)26-20(16-13-10-7-2)22(28)18(4)5;;;/h2*18-21H,6-17,25H2,1-5H3,(H,26,30)(H,27,29);3*1H4. The fourth-order valence-electron chi connectivity index (χ4n) is 6.90. The van der Waals surface area contributed by atoms with E-state index < -0.39 is 36.3 Å². The lowest BCUT2D eigenvalue weighted by atomic mass is 9.96. The number of carbonyl (C=O) groups excluding carboxylic acids is 6. The van der Waals surface area contributed by atoms with Crippen LogP contribution in [0.1, 0.15) is 246 Å². The molecule has 0 radical (unpaired) electrons. The van der Waals surface area contributed by atoms with Crippen LogP contribution in [0.4, 0.5) is 0 Å². The molecular formula is C51H106N6O6. The SMILES string of the molecule is C.C.C.CCCCCC(N)C(=O)NC(CCCCC)C(=O)NC(CCCCC)C(=O)C(C)C.CCCCCC(N)C(=O)NC(CCCCC)C(=O)NC(CCCCC)C(=O)C(C)C. The fourth-order valence-corrected chi connectivity index (χ4v) is 6.90. The van der Waals surface area contributed by atoms with Crippen LogP contribution in [0.15, 0.2) is 0 Å². The highest BCUT2D eigenvalue weighted by Gasteiger charge is 2.30. The van der Waals surface area contributed by atoms with Gasteiger partial charge >= 0.3 is 0 Å². The molecule has 8 N–H and O–H groups in total. The van der Waals surface area contributed by atoms with E-state index in [1.54, 1.807) is 0 Å². The maximum Gasteiger partial charge on any atom is 0.243 e. The molecule has 0 aliphatic rings. The summed E-state index contributed by atoms with van der Waals surface area (Å²) in [5.74, 6) is -1.27. The molecule has 0 spiro atoms. The van der Waals surface area contributed by atoms with Gasteiger partial charge in [-0.2, -0.15) is 0 Å². The molecule has 6 atom stereocenters. The van der Waals surface area contributed by atoms with Crippen molar-refractivity contribution in [1.29, 1.82) is 0 Å². The van der Waals surface area contributed by atoms with E-state index in [1.165, 1.54) is 0 Å². The number of unbranched alkanes of at least 4 members (excludes halogenated alkanes) is 12. The quantitative estimate of drug-likeness (QED) is 0.0333. The second kappa shape index (κ2) is 44.3. The van der Waals surface area contributed by atoms with Crippen molar-refractivity contribution < 1.29 is 28.8 Å². The first-order valence-corrected chi connectivity index (χ1v) is 24.4. The van der Waals surface area contributed by atoms with Crippen LogP contribution < -0.4 is 32.7 Å². The third-order valence-electron chi connectivity index (χ3n) is 11.0. The van der Waals surface area contributed by atoms with E-state index in [9.17, 15) is 28.8 Å². The van der Waals surface area contributed by atoms with Gasteiger partial charge in [-0.15, -0.1) is 0 Å². The van der Waals surface area contributed by atoms with Gasteiger partial charge in [0, 0.05) is 11.8 Å². The van der Waals surface area contributed by atoms with Gasteiger partial charge in [0.05, 0.1) is 24.2 Å². The second-order valence-corrected chi connectivity index (χ2v) is 17.5. The Bertz CT molecular complexity index is 1080. The summed E-state index contributed by atoms with van der Waals surface area (Å²) in [5.41, 5.74) is 12.1. The Hall–Kier alpha value is -2.86. The smallest absolute Gasteiger partial charge is 0.243 e. The molecule has 0 aromatic rings. The van der Waals surface area contributed by atoms with E-state index in [0.717, 1.165) is 116 Å². The fraction of sp³-hybridized carbons (Fsp3) is 0.882. The molecular weight excluding hydrogens is 793 g/mol. The van der Waals surface area contributed by atoms with Crippen molar-refractivity contribution in [2.75, 3.05) is 0 Å². The zero-order valence-electron chi connectivity index (χ0n) is 40.2. The van der Waals surface area contributed by atoms with Gasteiger partial charge in [0.2, 0.25) is 23.6 Å². The van der Waals surface area contributed by atoms with Crippen molar-refractivity contribution in [2.24, 2.45) is 23.3 Å². The van der Waals surface area contributed by atoms with Crippen LogP contribution in [0.25, 0.3) is 0 Å². The Morgan fingerprint density at radius 2 is 0.540 bits per heavy atom. The summed E-state index contributed by atoms with van der Waals surface area (Å²) in [7, 11) is 0. The predicted octanol–water partition coefficient (Wildman–Crippen LogP) is 10.4. The van der Waals surface area contributed by atoms with Crippen molar-refractivity contribution in [3.05, 3.63) is 0 Å². The molecule has 12 nitrogen and oxygen atoms in total. The lowest BCUT2D eigenvalue weighted by molar-refractivity contribution is -0.133. The maximum atomic E-state index is 13.0. The van der Waals surface area contributed by atoms with E-state index in [2.05, 4.69) is 62.8 Å². The van der Waals surface area contributed by atoms with Gasteiger partial charge in [-0.3, -0.25) is 28.8 Å². The number of nitrogens with one attached hydrogen (secondary N) is 4. The zero-order valence-corrected chi connectivity index (χ0v) is 40.2. The molecule has 6 unspecified atom stereocenters. The molecule has 0 fully saturated rings. The van der Waals surface area contributed by atoms with Gasteiger partial charge < -0.3 is 32.7 Å². The van der Waals surface area contributed by atoms with E-state index in [1.807, 2.05) is 27.7 Å². The minimum absolute atomic E-state index is 0. The molecule has 0 rings (SSSR count). The van der Waals surface area contributed by atoms with E-state index in [-0.39, 0.29) is 69.3 Å². The van der Waals surface area contributed by atoms with Crippen LogP contribution in [0.3, 0.4) is 0 Å². The largest absolute Gasteiger partial charge is 0.345 e. The van der Waals surface area contributed by atoms with Crippen molar-refractivity contribution in [3.8, 4) is 0 Å². The summed E-state index contributed by atoms with van der Waals surface area (Å²) in [4.78, 5) is 76.3. The van der Waals surface area contributed by atoms with Crippen LogP contribution in [0, 0.1) is 11.8 Å². The van der Waals surface area contributed by atoms with Crippen molar-refractivity contribution >= 4 is 35.2 Å². The summed E-state index contributed by atoms with van der Waals surface area (Å²) in [6.45, 7) is 20.1. The summed E-state index contributed by atoms with van der Waals surface area (Å²) < 4.78 is 0. The Labute approximate surface area is 389 Å². The molecule has 0 saturated carbocycles. The van der Waals surface area contributed by atoms with Crippen LogP contribution in [-0.2, 0) is 28.8 Å². The number of hydrogen-bond acceptors (Lipinski definition) is 8. The highest BCUT2D eigenvalue weighted by molar-refractivity contribution is 5.95. The molecule has 0 aliphatic heterocycles. The van der Waals surface area contributed by atoms with Gasteiger partial charge in [-0.1, -0.05) is 207 Å². The van der Waals surface area contributed by atoms with Crippen LogP contribution >= 0.6 is 0 Å². The Morgan fingerprint density at radius 1 is 0.333 bits per heavy atom. The topological polar surface area (TPSA) is 203 Å². The van der Waals surface area contributed by atoms with E-state index in [0.29, 0.717) is 38.5 Å². The first-order chi connectivity index (χ1) is 28.6. The zero-order chi connectivity index (χ0) is 45.9. The van der Waals surface area contributed by atoms with Gasteiger partial charge in [0.25, 0.3) is 0 Å². The highest BCUT2D eigenvalue weighted by Crippen LogP contribution is 2.14. The van der Waals surface area contributed by atoms with Crippen LogP contribution in [0.2, 0.25) is 0 Å². The van der Waals surface area contributed by atoms with E-state index >= 15 is 0 Å². The van der Waals surface area contributed by atoms with Gasteiger partial charge in [0.15, 0.2) is 11.6 Å². The molecule has 12 heteroatoms.